The van der Waals surface area contributed by atoms with Gasteiger partial charge in [-0.3, -0.25) is 4.79 Å². The Hall–Kier alpha value is -1.84. The maximum Gasteiger partial charge on any atom is 0.338 e. The van der Waals surface area contributed by atoms with Crippen LogP contribution in [0.25, 0.3) is 0 Å². The monoisotopic (exact) mass is 289 g/mol. The second kappa shape index (κ2) is 7.25. The van der Waals surface area contributed by atoms with Gasteiger partial charge in [-0.05, 0) is 37.8 Å². The molecule has 0 radical (unpaired) electrons. The Morgan fingerprint density at radius 2 is 1.86 bits per heavy atom. The number of rotatable bonds is 4. The van der Waals surface area contributed by atoms with Crippen molar-refractivity contribution in [2.24, 2.45) is 5.92 Å². The highest BCUT2D eigenvalue weighted by atomic mass is 16.5. The fraction of sp³-hybridized carbons (Fsp3) is 0.529. The molecule has 1 amide bonds. The van der Waals surface area contributed by atoms with E-state index in [1.54, 1.807) is 31.2 Å². The predicted molar refractivity (Wildman–Crippen MR) is 80.9 cm³/mol. The van der Waals surface area contributed by atoms with E-state index in [1.807, 2.05) is 6.07 Å². The molecule has 0 heterocycles. The number of ether oxygens (including phenoxy) is 1. The molecule has 1 aliphatic carbocycles. The lowest BCUT2D eigenvalue weighted by molar-refractivity contribution is -0.130. The largest absolute Gasteiger partial charge is 0.449 e. The first-order valence-electron chi connectivity index (χ1n) is 7.64. The van der Waals surface area contributed by atoms with Crippen molar-refractivity contribution in [3.05, 3.63) is 35.9 Å². The van der Waals surface area contributed by atoms with E-state index >= 15 is 0 Å². The topological polar surface area (TPSA) is 55.4 Å². The second-order valence-electron chi connectivity index (χ2n) is 5.79. The third kappa shape index (κ3) is 4.31. The molecule has 0 saturated heterocycles. The van der Waals surface area contributed by atoms with Gasteiger partial charge in [0.1, 0.15) is 0 Å². The summed E-state index contributed by atoms with van der Waals surface area (Å²) in [7, 11) is 0. The van der Waals surface area contributed by atoms with Crippen molar-refractivity contribution in [3.8, 4) is 0 Å². The summed E-state index contributed by atoms with van der Waals surface area (Å²) in [4.78, 5) is 24.0. The van der Waals surface area contributed by atoms with E-state index in [1.165, 1.54) is 6.42 Å². The molecule has 0 unspecified atom stereocenters. The Bertz CT molecular complexity index is 486. The summed E-state index contributed by atoms with van der Waals surface area (Å²) in [5, 5.41) is 3.01. The van der Waals surface area contributed by atoms with Gasteiger partial charge in [-0.25, -0.2) is 4.79 Å². The molecule has 4 nitrogen and oxygen atoms in total. The fourth-order valence-corrected chi connectivity index (χ4v) is 2.69. The summed E-state index contributed by atoms with van der Waals surface area (Å²) in [5.41, 5.74) is 0.461. The van der Waals surface area contributed by atoms with E-state index in [-0.39, 0.29) is 11.9 Å². The molecule has 0 aromatic heterocycles. The van der Waals surface area contributed by atoms with Crippen LogP contribution in [0.3, 0.4) is 0 Å². The van der Waals surface area contributed by atoms with Gasteiger partial charge in [0, 0.05) is 6.04 Å². The smallest absolute Gasteiger partial charge is 0.338 e. The third-order valence-corrected chi connectivity index (χ3v) is 4.10. The summed E-state index contributed by atoms with van der Waals surface area (Å²) < 4.78 is 5.22. The van der Waals surface area contributed by atoms with Gasteiger partial charge in [0.2, 0.25) is 0 Å². The number of nitrogens with one attached hydrogen (secondary N) is 1. The summed E-state index contributed by atoms with van der Waals surface area (Å²) in [6.07, 6.45) is 3.75. The predicted octanol–water partition coefficient (Wildman–Crippen LogP) is 2.93. The molecule has 1 aromatic carbocycles. The number of carbonyl (C=O) groups excluding carboxylic acids is 2. The van der Waals surface area contributed by atoms with E-state index in [4.69, 9.17) is 4.74 Å². The lowest BCUT2D eigenvalue weighted by Gasteiger charge is -2.30. The summed E-state index contributed by atoms with van der Waals surface area (Å²) >= 11 is 0. The zero-order valence-corrected chi connectivity index (χ0v) is 12.7. The first-order chi connectivity index (χ1) is 10.1. The highest BCUT2D eigenvalue weighted by Gasteiger charge is 2.26. The summed E-state index contributed by atoms with van der Waals surface area (Å²) in [6.45, 7) is 3.77. The maximum absolute atomic E-state index is 12.1. The van der Waals surface area contributed by atoms with Crippen molar-refractivity contribution in [3.63, 3.8) is 0 Å². The molecule has 1 fully saturated rings. The van der Waals surface area contributed by atoms with Gasteiger partial charge in [0.15, 0.2) is 6.10 Å². The zero-order chi connectivity index (χ0) is 15.2. The first-order valence-corrected chi connectivity index (χ1v) is 7.64. The molecule has 3 atom stereocenters. The van der Waals surface area contributed by atoms with Crippen LogP contribution in [0.4, 0.5) is 0 Å². The number of amides is 1. The number of hydrogen-bond acceptors (Lipinski definition) is 3. The minimum Gasteiger partial charge on any atom is -0.449 e. The van der Waals surface area contributed by atoms with E-state index in [2.05, 4.69) is 12.2 Å². The highest BCUT2D eigenvalue weighted by Crippen LogP contribution is 2.23. The van der Waals surface area contributed by atoms with E-state index in [0.717, 1.165) is 19.3 Å². The molecule has 0 aliphatic heterocycles. The van der Waals surface area contributed by atoms with Crippen molar-refractivity contribution in [2.45, 2.75) is 51.7 Å². The van der Waals surface area contributed by atoms with Gasteiger partial charge < -0.3 is 10.1 Å². The number of benzene rings is 1. The Morgan fingerprint density at radius 1 is 1.19 bits per heavy atom. The van der Waals surface area contributed by atoms with Crippen LogP contribution in [-0.4, -0.2) is 24.0 Å². The van der Waals surface area contributed by atoms with Gasteiger partial charge >= 0.3 is 5.97 Å². The minimum absolute atomic E-state index is 0.198. The van der Waals surface area contributed by atoms with Crippen molar-refractivity contribution in [1.82, 2.24) is 5.32 Å². The normalized spacial score (nSPS) is 23.1. The molecule has 2 rings (SSSR count). The van der Waals surface area contributed by atoms with Gasteiger partial charge in [-0.15, -0.1) is 0 Å². The average Bonchev–Trinajstić information content (AvgIpc) is 2.50. The number of hydrogen-bond donors (Lipinski definition) is 1. The van der Waals surface area contributed by atoms with Crippen molar-refractivity contribution >= 4 is 11.9 Å². The molecule has 1 aliphatic rings. The van der Waals surface area contributed by atoms with Crippen LogP contribution in [-0.2, 0) is 9.53 Å². The van der Waals surface area contributed by atoms with E-state index in [9.17, 15) is 9.59 Å². The molecule has 1 saturated carbocycles. The maximum atomic E-state index is 12.1. The van der Waals surface area contributed by atoms with E-state index in [0.29, 0.717) is 11.5 Å². The number of esters is 1. The van der Waals surface area contributed by atoms with Gasteiger partial charge in [0.05, 0.1) is 5.56 Å². The van der Waals surface area contributed by atoms with Crippen LogP contribution in [0, 0.1) is 5.92 Å². The molecule has 0 spiro atoms. The van der Waals surface area contributed by atoms with Crippen molar-refractivity contribution < 1.29 is 14.3 Å². The molecular formula is C17H23NO3. The molecule has 1 N–H and O–H groups in total. The van der Waals surface area contributed by atoms with Crippen LogP contribution < -0.4 is 5.32 Å². The Kier molecular flexibility index (Phi) is 5.37. The Morgan fingerprint density at radius 3 is 2.52 bits per heavy atom. The highest BCUT2D eigenvalue weighted by molar-refractivity contribution is 5.92. The third-order valence-electron chi connectivity index (χ3n) is 4.10. The Balaban J connectivity index is 1.86. The molecule has 4 heteroatoms. The molecular weight excluding hydrogens is 266 g/mol. The average molecular weight is 289 g/mol. The zero-order valence-electron chi connectivity index (χ0n) is 12.7. The van der Waals surface area contributed by atoms with E-state index < -0.39 is 12.1 Å². The molecule has 0 bridgehead atoms. The molecule has 21 heavy (non-hydrogen) atoms. The molecule has 114 valence electrons. The van der Waals surface area contributed by atoms with Crippen LogP contribution >= 0.6 is 0 Å². The van der Waals surface area contributed by atoms with Crippen molar-refractivity contribution in [2.75, 3.05) is 0 Å². The van der Waals surface area contributed by atoms with Crippen molar-refractivity contribution in [1.29, 1.82) is 0 Å². The van der Waals surface area contributed by atoms with Crippen LogP contribution in [0.2, 0.25) is 0 Å². The fourth-order valence-electron chi connectivity index (χ4n) is 2.69. The minimum atomic E-state index is -0.771. The SMILES string of the molecule is C[C@@H]1CCCC[C@H]1NC(=O)[C@@H](C)OC(=O)c1ccccc1. The van der Waals surface area contributed by atoms with Crippen LogP contribution in [0.15, 0.2) is 30.3 Å². The van der Waals surface area contributed by atoms with Crippen LogP contribution in [0.1, 0.15) is 49.9 Å². The Labute approximate surface area is 125 Å². The first kappa shape index (κ1) is 15.5. The quantitative estimate of drug-likeness (QED) is 0.867. The van der Waals surface area contributed by atoms with Gasteiger partial charge in [-0.1, -0.05) is 38.0 Å². The second-order valence-corrected chi connectivity index (χ2v) is 5.79. The lowest BCUT2D eigenvalue weighted by Crippen LogP contribution is -2.45. The van der Waals surface area contributed by atoms with Crippen LogP contribution in [0.5, 0.6) is 0 Å². The van der Waals surface area contributed by atoms with Gasteiger partial charge in [0.25, 0.3) is 5.91 Å². The summed E-state index contributed by atoms with van der Waals surface area (Å²) in [6, 6.07) is 8.92. The standard InChI is InChI=1S/C17H23NO3/c1-12-8-6-7-11-15(12)18-16(19)13(2)21-17(20)14-9-4-3-5-10-14/h3-5,9-10,12-13,15H,6-8,11H2,1-2H3,(H,18,19)/t12-,13-,15-/m1/s1. The summed E-state index contributed by atoms with van der Waals surface area (Å²) in [5.74, 6) is -0.187. The molecule has 1 aromatic rings. The van der Waals surface area contributed by atoms with Gasteiger partial charge in [-0.2, -0.15) is 0 Å². The number of carbonyl (C=O) groups is 2. The lowest BCUT2D eigenvalue weighted by atomic mass is 9.86.